The Morgan fingerprint density at radius 3 is 2.83 bits per heavy atom. The predicted octanol–water partition coefficient (Wildman–Crippen LogP) is 2.96. The summed E-state index contributed by atoms with van der Waals surface area (Å²) in [4.78, 5) is 27.6. The number of rotatable bonds is 10. The minimum Gasteiger partial charge on any atom is -0.493 e. The van der Waals surface area contributed by atoms with Gasteiger partial charge in [-0.1, -0.05) is 0 Å². The van der Waals surface area contributed by atoms with Crippen molar-refractivity contribution in [1.29, 1.82) is 0 Å². The van der Waals surface area contributed by atoms with E-state index in [-0.39, 0.29) is 29.4 Å². The van der Waals surface area contributed by atoms with Crippen molar-refractivity contribution in [3.05, 3.63) is 62.4 Å². The highest BCUT2D eigenvalue weighted by atomic mass is 32.1. The van der Waals surface area contributed by atoms with Gasteiger partial charge in [-0.2, -0.15) is 5.10 Å². The van der Waals surface area contributed by atoms with Crippen molar-refractivity contribution in [2.75, 3.05) is 13.7 Å². The van der Waals surface area contributed by atoms with Crippen LogP contribution in [0.25, 0.3) is 0 Å². The minimum absolute atomic E-state index is 0.0900. The molecule has 3 aromatic rings. The summed E-state index contributed by atoms with van der Waals surface area (Å²) < 4.78 is 12.7. The first-order valence-electron chi connectivity index (χ1n) is 9.11. The third-order valence-electron chi connectivity index (χ3n) is 4.19. The number of aryl methyl sites for hydroxylation is 2. The molecule has 10 nitrogen and oxygen atoms in total. The van der Waals surface area contributed by atoms with Gasteiger partial charge in [0.25, 0.3) is 11.6 Å². The van der Waals surface area contributed by atoms with Crippen molar-refractivity contribution >= 4 is 22.9 Å². The molecule has 1 aromatic carbocycles. The van der Waals surface area contributed by atoms with Crippen LogP contribution >= 0.6 is 11.3 Å². The summed E-state index contributed by atoms with van der Waals surface area (Å²) in [6.45, 7) is 3.06. The Morgan fingerprint density at radius 2 is 2.20 bits per heavy atom. The lowest BCUT2D eigenvalue weighted by atomic mass is 10.1. The van der Waals surface area contributed by atoms with Crippen LogP contribution in [0.2, 0.25) is 0 Å². The van der Waals surface area contributed by atoms with Gasteiger partial charge in [-0.3, -0.25) is 19.6 Å². The van der Waals surface area contributed by atoms with E-state index in [9.17, 15) is 14.9 Å². The van der Waals surface area contributed by atoms with Crippen molar-refractivity contribution in [1.82, 2.24) is 20.1 Å². The molecule has 11 heteroatoms. The average Bonchev–Trinajstić information content (AvgIpc) is 3.40. The lowest BCUT2D eigenvalue weighted by Crippen LogP contribution is -2.26. The second kappa shape index (κ2) is 9.83. The molecule has 0 spiro atoms. The molecule has 0 aliphatic rings. The number of nitrogens with zero attached hydrogens (tertiary/aromatic N) is 4. The number of hydrogen-bond acceptors (Lipinski definition) is 8. The molecule has 0 fully saturated rings. The molecule has 0 bridgehead atoms. The number of aromatic nitrogens is 3. The molecule has 0 aliphatic heterocycles. The number of hydrogen-bond donors (Lipinski definition) is 1. The fourth-order valence-corrected chi connectivity index (χ4v) is 3.29. The number of amides is 1. The lowest BCUT2D eigenvalue weighted by Gasteiger charge is -2.12. The number of carbonyl (C=O) groups excluding carboxylic acids is 1. The van der Waals surface area contributed by atoms with Crippen molar-refractivity contribution < 1.29 is 19.2 Å². The highest BCUT2D eigenvalue weighted by Gasteiger charge is 2.24. The largest absolute Gasteiger partial charge is 0.493 e. The summed E-state index contributed by atoms with van der Waals surface area (Å²) >= 11 is 1.42. The molecule has 1 N–H and O–H groups in total. The molecule has 0 saturated carbocycles. The van der Waals surface area contributed by atoms with E-state index in [1.807, 2.05) is 18.5 Å². The van der Waals surface area contributed by atoms with Gasteiger partial charge >= 0.3 is 0 Å². The van der Waals surface area contributed by atoms with Crippen LogP contribution in [0.15, 0.2) is 35.4 Å². The van der Waals surface area contributed by atoms with Crippen LogP contribution in [0.1, 0.15) is 28.0 Å². The Labute approximate surface area is 176 Å². The van der Waals surface area contributed by atoms with E-state index in [0.717, 1.165) is 5.56 Å². The van der Waals surface area contributed by atoms with Gasteiger partial charge in [-0.05, 0) is 18.9 Å². The van der Waals surface area contributed by atoms with E-state index < -0.39 is 10.8 Å². The molecule has 3 rings (SSSR count). The molecule has 2 aromatic heterocycles. The molecule has 2 heterocycles. The molecule has 0 saturated heterocycles. The second-order valence-electron chi connectivity index (χ2n) is 6.44. The van der Waals surface area contributed by atoms with E-state index in [0.29, 0.717) is 25.2 Å². The topological polar surface area (TPSA) is 121 Å². The van der Waals surface area contributed by atoms with Crippen molar-refractivity contribution in [3.8, 4) is 11.5 Å². The van der Waals surface area contributed by atoms with E-state index in [1.165, 1.54) is 30.6 Å². The lowest BCUT2D eigenvalue weighted by molar-refractivity contribution is -0.385. The Kier molecular flexibility index (Phi) is 6.96. The zero-order valence-corrected chi connectivity index (χ0v) is 17.3. The van der Waals surface area contributed by atoms with E-state index >= 15 is 0 Å². The predicted molar refractivity (Wildman–Crippen MR) is 110 cm³/mol. The standard InChI is InChI=1S/C19H21N5O5S/c1-13-8-22-23(9-13)5-3-4-20-19(25)15-6-17(28-2)18(7-16(15)24(26)27)29-10-14-11-30-12-21-14/h6-9,11-12H,3-5,10H2,1-2H3,(H,20,25). The normalized spacial score (nSPS) is 10.6. The van der Waals surface area contributed by atoms with Crippen LogP contribution in [0.3, 0.4) is 0 Å². The van der Waals surface area contributed by atoms with Crippen LogP contribution in [-0.2, 0) is 13.2 Å². The van der Waals surface area contributed by atoms with Crippen LogP contribution in [0, 0.1) is 17.0 Å². The summed E-state index contributed by atoms with van der Waals surface area (Å²) in [5, 5.41) is 20.2. The third-order valence-corrected chi connectivity index (χ3v) is 4.83. The van der Waals surface area contributed by atoms with Gasteiger partial charge in [0.05, 0.1) is 35.5 Å². The summed E-state index contributed by atoms with van der Waals surface area (Å²) in [7, 11) is 1.41. The summed E-state index contributed by atoms with van der Waals surface area (Å²) in [6.07, 6.45) is 4.29. The Balaban J connectivity index is 1.68. The van der Waals surface area contributed by atoms with Gasteiger partial charge in [0.2, 0.25) is 0 Å². The van der Waals surface area contributed by atoms with Gasteiger partial charge in [-0.15, -0.1) is 11.3 Å². The summed E-state index contributed by atoms with van der Waals surface area (Å²) in [5.74, 6) is -0.154. The van der Waals surface area contributed by atoms with Gasteiger partial charge in [0, 0.05) is 30.7 Å². The van der Waals surface area contributed by atoms with Crippen LogP contribution in [0.4, 0.5) is 5.69 Å². The molecular formula is C19H21N5O5S. The van der Waals surface area contributed by atoms with Gasteiger partial charge in [-0.25, -0.2) is 4.98 Å². The van der Waals surface area contributed by atoms with Gasteiger partial charge in [0.1, 0.15) is 12.2 Å². The zero-order chi connectivity index (χ0) is 21.5. The number of nitrogens with one attached hydrogen (secondary N) is 1. The minimum atomic E-state index is -0.615. The molecule has 0 aliphatic carbocycles. The molecule has 0 atom stereocenters. The van der Waals surface area contributed by atoms with Crippen LogP contribution < -0.4 is 14.8 Å². The Hall–Kier alpha value is -3.47. The summed E-state index contributed by atoms with van der Waals surface area (Å²) in [5.41, 5.74) is 2.97. The van der Waals surface area contributed by atoms with Crippen molar-refractivity contribution in [3.63, 3.8) is 0 Å². The maximum absolute atomic E-state index is 12.6. The Bertz CT molecular complexity index is 1020. The van der Waals surface area contributed by atoms with Gasteiger partial charge in [0.15, 0.2) is 11.5 Å². The SMILES string of the molecule is COc1cc(C(=O)NCCCn2cc(C)cn2)c([N+](=O)[O-])cc1OCc1cscn1. The first-order chi connectivity index (χ1) is 14.5. The molecule has 30 heavy (non-hydrogen) atoms. The number of thiazole rings is 1. The number of benzene rings is 1. The molecule has 0 unspecified atom stereocenters. The highest BCUT2D eigenvalue weighted by molar-refractivity contribution is 7.07. The number of nitro benzene ring substituents is 1. The monoisotopic (exact) mass is 431 g/mol. The molecular weight excluding hydrogens is 410 g/mol. The number of carbonyl (C=O) groups is 1. The zero-order valence-electron chi connectivity index (χ0n) is 16.5. The van der Waals surface area contributed by atoms with E-state index in [2.05, 4.69) is 15.4 Å². The average molecular weight is 431 g/mol. The number of ether oxygens (including phenoxy) is 2. The van der Waals surface area contributed by atoms with Crippen LogP contribution in [0.5, 0.6) is 11.5 Å². The highest BCUT2D eigenvalue weighted by Crippen LogP contribution is 2.35. The first kappa shape index (κ1) is 21.2. The fourth-order valence-electron chi connectivity index (χ4n) is 2.74. The maximum Gasteiger partial charge on any atom is 0.286 e. The van der Waals surface area contributed by atoms with Gasteiger partial charge < -0.3 is 14.8 Å². The van der Waals surface area contributed by atoms with E-state index in [1.54, 1.807) is 16.4 Å². The van der Waals surface area contributed by atoms with E-state index in [4.69, 9.17) is 9.47 Å². The molecule has 158 valence electrons. The second-order valence-corrected chi connectivity index (χ2v) is 7.15. The maximum atomic E-state index is 12.6. The smallest absolute Gasteiger partial charge is 0.286 e. The number of nitro groups is 1. The number of methoxy groups -OCH3 is 1. The quantitative estimate of drug-likeness (QED) is 0.297. The third kappa shape index (κ3) is 5.32. The fraction of sp³-hybridized carbons (Fsp3) is 0.316. The van der Waals surface area contributed by atoms with Crippen molar-refractivity contribution in [2.24, 2.45) is 0 Å². The summed E-state index contributed by atoms with van der Waals surface area (Å²) in [6, 6.07) is 2.52. The molecule has 0 radical (unpaired) electrons. The van der Waals surface area contributed by atoms with Crippen molar-refractivity contribution in [2.45, 2.75) is 26.5 Å². The van der Waals surface area contributed by atoms with Crippen LogP contribution in [-0.4, -0.2) is 39.2 Å². The Morgan fingerprint density at radius 1 is 1.37 bits per heavy atom. The molecule has 1 amide bonds. The first-order valence-corrected chi connectivity index (χ1v) is 10.1.